The van der Waals surface area contributed by atoms with Crippen molar-refractivity contribution in [3.63, 3.8) is 0 Å². The molecule has 0 saturated heterocycles. The number of hydrogen-bond donors (Lipinski definition) is 1. The van der Waals surface area contributed by atoms with E-state index in [1.165, 1.54) is 18.2 Å². The average molecular weight is 324 g/mol. The standard InChI is InChI=1S/C12H15Cl2NO3S/c1-2-3-4-5-12(16)15-11-7-6-9(8-10(11)13)19(14,17)18/h6-8H,2-5H2,1H3,(H,15,16). The number of unbranched alkanes of at least 4 members (excludes halogenated alkanes) is 2. The molecule has 0 spiro atoms. The van der Waals surface area contributed by atoms with Crippen molar-refractivity contribution in [1.29, 1.82) is 0 Å². The molecule has 0 radical (unpaired) electrons. The second-order valence-electron chi connectivity index (χ2n) is 4.08. The molecule has 106 valence electrons. The number of amides is 1. The van der Waals surface area contributed by atoms with Crippen molar-refractivity contribution in [2.45, 2.75) is 37.5 Å². The molecule has 0 atom stereocenters. The number of hydrogen-bond acceptors (Lipinski definition) is 3. The minimum Gasteiger partial charge on any atom is -0.325 e. The van der Waals surface area contributed by atoms with Crippen LogP contribution in [0.3, 0.4) is 0 Å². The van der Waals surface area contributed by atoms with E-state index < -0.39 is 9.05 Å². The zero-order chi connectivity index (χ0) is 14.5. The van der Waals surface area contributed by atoms with Crippen molar-refractivity contribution in [2.24, 2.45) is 0 Å². The maximum atomic E-state index is 11.6. The summed E-state index contributed by atoms with van der Waals surface area (Å²) in [5.74, 6) is -0.142. The van der Waals surface area contributed by atoms with Gasteiger partial charge in [-0.05, 0) is 24.6 Å². The first-order chi connectivity index (χ1) is 8.84. The fourth-order valence-corrected chi connectivity index (χ4v) is 2.57. The van der Waals surface area contributed by atoms with Gasteiger partial charge in [-0.15, -0.1) is 0 Å². The van der Waals surface area contributed by atoms with Crippen LogP contribution in [0.15, 0.2) is 23.1 Å². The smallest absolute Gasteiger partial charge is 0.261 e. The van der Waals surface area contributed by atoms with Gasteiger partial charge in [-0.1, -0.05) is 31.4 Å². The monoisotopic (exact) mass is 323 g/mol. The molecule has 0 saturated carbocycles. The number of nitrogens with one attached hydrogen (secondary N) is 1. The van der Waals surface area contributed by atoms with Gasteiger partial charge in [0, 0.05) is 17.1 Å². The van der Waals surface area contributed by atoms with Crippen molar-refractivity contribution in [3.8, 4) is 0 Å². The Hall–Kier alpha value is -0.780. The van der Waals surface area contributed by atoms with Crippen molar-refractivity contribution in [3.05, 3.63) is 23.2 Å². The van der Waals surface area contributed by atoms with Gasteiger partial charge >= 0.3 is 0 Å². The molecule has 1 aromatic rings. The third-order valence-corrected chi connectivity index (χ3v) is 4.17. The van der Waals surface area contributed by atoms with Crippen LogP contribution in [0.25, 0.3) is 0 Å². The Labute approximate surface area is 122 Å². The van der Waals surface area contributed by atoms with Crippen LogP contribution in [0.1, 0.15) is 32.6 Å². The van der Waals surface area contributed by atoms with Gasteiger partial charge in [-0.2, -0.15) is 0 Å². The summed E-state index contributed by atoms with van der Waals surface area (Å²) < 4.78 is 22.2. The maximum Gasteiger partial charge on any atom is 0.261 e. The summed E-state index contributed by atoms with van der Waals surface area (Å²) >= 11 is 5.90. The van der Waals surface area contributed by atoms with E-state index in [9.17, 15) is 13.2 Å². The van der Waals surface area contributed by atoms with E-state index in [4.69, 9.17) is 22.3 Å². The van der Waals surface area contributed by atoms with E-state index in [0.29, 0.717) is 12.1 Å². The minimum absolute atomic E-state index is 0.0943. The largest absolute Gasteiger partial charge is 0.325 e. The lowest BCUT2D eigenvalue weighted by Gasteiger charge is -2.08. The molecular weight excluding hydrogens is 309 g/mol. The second kappa shape index (κ2) is 7.12. The van der Waals surface area contributed by atoms with Crippen LogP contribution in [0.2, 0.25) is 5.02 Å². The van der Waals surface area contributed by atoms with Crippen molar-refractivity contribution < 1.29 is 13.2 Å². The fourth-order valence-electron chi connectivity index (χ4n) is 1.50. The van der Waals surface area contributed by atoms with E-state index in [0.717, 1.165) is 19.3 Å². The lowest BCUT2D eigenvalue weighted by molar-refractivity contribution is -0.116. The molecule has 7 heteroatoms. The maximum absolute atomic E-state index is 11.6. The molecule has 0 aliphatic carbocycles. The first-order valence-corrected chi connectivity index (χ1v) is 8.57. The highest BCUT2D eigenvalue weighted by atomic mass is 35.7. The van der Waals surface area contributed by atoms with Gasteiger partial charge in [0.25, 0.3) is 9.05 Å². The number of anilines is 1. The van der Waals surface area contributed by atoms with E-state index in [2.05, 4.69) is 12.2 Å². The third kappa shape index (κ3) is 5.38. The molecule has 1 aromatic carbocycles. The van der Waals surface area contributed by atoms with Crippen molar-refractivity contribution in [2.75, 3.05) is 5.32 Å². The topological polar surface area (TPSA) is 63.2 Å². The van der Waals surface area contributed by atoms with Gasteiger partial charge in [0.2, 0.25) is 5.91 Å². The molecule has 1 amide bonds. The van der Waals surface area contributed by atoms with Crippen molar-refractivity contribution >= 4 is 42.9 Å². The normalized spacial score (nSPS) is 11.3. The summed E-state index contributed by atoms with van der Waals surface area (Å²) in [5.41, 5.74) is 0.382. The van der Waals surface area contributed by atoms with Crippen LogP contribution in [0, 0.1) is 0 Å². The summed E-state index contributed by atoms with van der Waals surface area (Å²) in [6, 6.07) is 3.94. The summed E-state index contributed by atoms with van der Waals surface area (Å²) in [6.07, 6.45) is 3.26. The summed E-state index contributed by atoms with van der Waals surface area (Å²) in [4.78, 5) is 11.5. The number of rotatable bonds is 6. The van der Waals surface area contributed by atoms with E-state index in [-0.39, 0.29) is 15.8 Å². The molecule has 0 fully saturated rings. The fraction of sp³-hybridized carbons (Fsp3) is 0.417. The van der Waals surface area contributed by atoms with Gasteiger partial charge in [-0.25, -0.2) is 8.42 Å². The van der Waals surface area contributed by atoms with Crippen molar-refractivity contribution in [1.82, 2.24) is 0 Å². The molecule has 1 rings (SSSR count). The highest BCUT2D eigenvalue weighted by Gasteiger charge is 2.13. The highest BCUT2D eigenvalue weighted by Crippen LogP contribution is 2.27. The number of benzene rings is 1. The lowest BCUT2D eigenvalue weighted by atomic mass is 10.2. The van der Waals surface area contributed by atoms with Crippen LogP contribution in [0.4, 0.5) is 5.69 Å². The Morgan fingerprint density at radius 2 is 2.00 bits per heavy atom. The second-order valence-corrected chi connectivity index (χ2v) is 7.06. The van der Waals surface area contributed by atoms with E-state index in [1.807, 2.05) is 0 Å². The van der Waals surface area contributed by atoms with Gasteiger partial charge in [0.05, 0.1) is 15.6 Å². The van der Waals surface area contributed by atoms with Gasteiger partial charge in [0.1, 0.15) is 0 Å². The molecule has 1 N–H and O–H groups in total. The van der Waals surface area contributed by atoms with Crippen LogP contribution in [0.5, 0.6) is 0 Å². The Morgan fingerprint density at radius 1 is 1.32 bits per heavy atom. The lowest BCUT2D eigenvalue weighted by Crippen LogP contribution is -2.11. The molecular formula is C12H15Cl2NO3S. The predicted octanol–water partition coefficient (Wildman–Crippen LogP) is 3.79. The summed E-state index contributed by atoms with van der Waals surface area (Å²) in [7, 11) is 1.39. The number of carbonyl (C=O) groups is 1. The average Bonchev–Trinajstić information content (AvgIpc) is 2.31. The minimum atomic E-state index is -3.81. The Bertz CT molecular complexity index is 558. The SMILES string of the molecule is CCCCCC(=O)Nc1ccc(S(=O)(=O)Cl)cc1Cl. The summed E-state index contributed by atoms with van der Waals surface area (Å²) in [6.45, 7) is 2.06. The molecule has 0 heterocycles. The highest BCUT2D eigenvalue weighted by molar-refractivity contribution is 8.13. The zero-order valence-corrected chi connectivity index (χ0v) is 12.8. The van der Waals surface area contributed by atoms with Gasteiger partial charge in [0.15, 0.2) is 0 Å². The van der Waals surface area contributed by atoms with Gasteiger partial charge in [-0.3, -0.25) is 4.79 Å². The number of halogens is 2. The van der Waals surface area contributed by atoms with Crippen LogP contribution in [-0.2, 0) is 13.8 Å². The molecule has 0 bridgehead atoms. The first kappa shape index (κ1) is 16.3. The zero-order valence-electron chi connectivity index (χ0n) is 10.4. The first-order valence-electron chi connectivity index (χ1n) is 5.88. The van der Waals surface area contributed by atoms with E-state index >= 15 is 0 Å². The Balaban J connectivity index is 2.73. The molecule has 0 aromatic heterocycles. The Morgan fingerprint density at radius 3 is 2.53 bits per heavy atom. The third-order valence-electron chi connectivity index (χ3n) is 2.50. The summed E-state index contributed by atoms with van der Waals surface area (Å²) in [5, 5.41) is 2.78. The van der Waals surface area contributed by atoms with Crippen LogP contribution >= 0.6 is 22.3 Å². The molecule has 4 nitrogen and oxygen atoms in total. The molecule has 0 unspecified atom stereocenters. The molecule has 0 aliphatic heterocycles. The predicted molar refractivity (Wildman–Crippen MR) is 77.3 cm³/mol. The molecule has 0 aliphatic rings. The molecule has 19 heavy (non-hydrogen) atoms. The quantitative estimate of drug-likeness (QED) is 0.640. The number of carbonyl (C=O) groups excluding carboxylic acids is 1. The van der Waals surface area contributed by atoms with Crippen LogP contribution < -0.4 is 5.32 Å². The van der Waals surface area contributed by atoms with E-state index in [1.54, 1.807) is 0 Å². The van der Waals surface area contributed by atoms with Gasteiger partial charge < -0.3 is 5.32 Å². The Kier molecular flexibility index (Phi) is 6.10. The van der Waals surface area contributed by atoms with Crippen LogP contribution in [-0.4, -0.2) is 14.3 Å².